The number of aryl methyl sites for hydroxylation is 1. The molecule has 0 aliphatic carbocycles. The Balaban J connectivity index is 2.57. The maximum Gasteiger partial charge on any atom is 0.407 e. The van der Waals surface area contributed by atoms with Gasteiger partial charge in [-0.3, -0.25) is 0 Å². The van der Waals surface area contributed by atoms with Crippen molar-refractivity contribution in [2.24, 2.45) is 5.92 Å². The number of alkyl carbamates (subject to hydrolysis) is 1. The molecule has 0 saturated carbocycles. The van der Waals surface area contributed by atoms with Gasteiger partial charge in [0.05, 0.1) is 6.54 Å². The molecule has 0 aliphatic heterocycles. The minimum atomic E-state index is -0.506. The number of aromatic nitrogens is 2. The highest BCUT2D eigenvalue weighted by molar-refractivity contribution is 5.67. The van der Waals surface area contributed by atoms with Crippen molar-refractivity contribution in [2.75, 3.05) is 6.54 Å². The van der Waals surface area contributed by atoms with Gasteiger partial charge in [-0.05, 0) is 33.6 Å². The van der Waals surface area contributed by atoms with E-state index >= 15 is 0 Å². The van der Waals surface area contributed by atoms with Gasteiger partial charge in [0.15, 0.2) is 5.82 Å². The molecule has 22 heavy (non-hydrogen) atoms. The van der Waals surface area contributed by atoms with Gasteiger partial charge < -0.3 is 19.9 Å². The van der Waals surface area contributed by atoms with Crippen LogP contribution >= 0.6 is 0 Å². The third-order valence-corrected chi connectivity index (χ3v) is 3.49. The van der Waals surface area contributed by atoms with E-state index in [1.54, 1.807) is 6.92 Å². The van der Waals surface area contributed by atoms with E-state index < -0.39 is 11.7 Å². The molecule has 1 aromatic rings. The molecule has 0 aromatic carbocycles. The van der Waals surface area contributed by atoms with Crippen molar-refractivity contribution >= 4 is 6.09 Å². The number of carbonyl (C=O) groups excluding carboxylic acids is 1. The molecule has 1 aromatic heterocycles. The first kappa shape index (κ1) is 18.4. The number of hydrogen-bond acceptors (Lipinski definition) is 6. The Morgan fingerprint density at radius 3 is 2.41 bits per heavy atom. The Labute approximate surface area is 132 Å². The first-order valence-electron chi connectivity index (χ1n) is 7.53. The van der Waals surface area contributed by atoms with E-state index in [0.717, 1.165) is 0 Å². The average Bonchev–Trinajstić information content (AvgIpc) is 2.77. The van der Waals surface area contributed by atoms with Gasteiger partial charge in [-0.25, -0.2) is 4.79 Å². The highest BCUT2D eigenvalue weighted by atomic mass is 16.6. The fourth-order valence-electron chi connectivity index (χ4n) is 1.73. The van der Waals surface area contributed by atoms with Crippen molar-refractivity contribution in [3.05, 3.63) is 11.7 Å². The van der Waals surface area contributed by atoms with Crippen LogP contribution in [0.25, 0.3) is 0 Å². The van der Waals surface area contributed by atoms with E-state index in [2.05, 4.69) is 34.6 Å². The number of rotatable bonds is 6. The summed E-state index contributed by atoms with van der Waals surface area (Å²) in [5, 5.41) is 10.1. The summed E-state index contributed by atoms with van der Waals surface area (Å²) in [6.45, 7) is 14.4. The minimum absolute atomic E-state index is 0.287. The normalized spacial score (nSPS) is 14.7. The summed E-state index contributed by atoms with van der Waals surface area (Å²) < 4.78 is 10.2. The van der Waals surface area contributed by atoms with Crippen LogP contribution in [0.5, 0.6) is 0 Å². The molecule has 0 fully saturated rings. The number of carbonyl (C=O) groups is 1. The largest absolute Gasteiger partial charge is 0.444 e. The van der Waals surface area contributed by atoms with Crippen molar-refractivity contribution in [3.8, 4) is 0 Å². The van der Waals surface area contributed by atoms with Gasteiger partial charge >= 0.3 is 6.09 Å². The van der Waals surface area contributed by atoms with Crippen molar-refractivity contribution in [1.82, 2.24) is 20.8 Å². The predicted octanol–water partition coefficient (Wildman–Crippen LogP) is 2.41. The fourth-order valence-corrected chi connectivity index (χ4v) is 1.73. The second kappa shape index (κ2) is 7.09. The number of hydrogen-bond donors (Lipinski definition) is 2. The van der Waals surface area contributed by atoms with Crippen molar-refractivity contribution in [2.45, 2.75) is 66.2 Å². The molecule has 1 atom stereocenters. The summed E-state index contributed by atoms with van der Waals surface area (Å²) in [7, 11) is 0. The SMILES string of the molecule is Cc1nc(CN[C@@](C)(CNC(=O)OC(C)(C)C)C(C)C)no1. The molecular formula is C15H28N4O3. The Kier molecular flexibility index (Phi) is 5.93. The van der Waals surface area contributed by atoms with Crippen LogP contribution in [-0.4, -0.2) is 33.9 Å². The zero-order valence-corrected chi connectivity index (χ0v) is 14.6. The standard InChI is InChI=1S/C15H28N4O3/c1-10(2)15(7,9-16-13(20)21-14(4,5)6)17-8-12-18-11(3)22-19-12/h10,17H,8-9H2,1-7H3,(H,16,20)/t15-/m0/s1. The molecule has 7 nitrogen and oxygen atoms in total. The van der Waals surface area contributed by atoms with Gasteiger partial charge in [-0.2, -0.15) is 4.98 Å². The summed E-state index contributed by atoms with van der Waals surface area (Å²) in [5.74, 6) is 1.42. The van der Waals surface area contributed by atoms with Crippen LogP contribution in [0.2, 0.25) is 0 Å². The van der Waals surface area contributed by atoms with Gasteiger partial charge in [0.1, 0.15) is 5.60 Å². The smallest absolute Gasteiger partial charge is 0.407 e. The quantitative estimate of drug-likeness (QED) is 0.838. The van der Waals surface area contributed by atoms with Crippen LogP contribution in [0.3, 0.4) is 0 Å². The molecule has 0 saturated heterocycles. The molecule has 1 heterocycles. The topological polar surface area (TPSA) is 89.3 Å². The lowest BCUT2D eigenvalue weighted by Crippen LogP contribution is -2.55. The Bertz CT molecular complexity index is 493. The molecule has 0 unspecified atom stereocenters. The van der Waals surface area contributed by atoms with Gasteiger partial charge in [0, 0.05) is 19.0 Å². The Morgan fingerprint density at radius 1 is 1.32 bits per heavy atom. The first-order chi connectivity index (χ1) is 10.0. The van der Waals surface area contributed by atoms with Gasteiger partial charge in [0.2, 0.25) is 5.89 Å². The maximum atomic E-state index is 11.8. The monoisotopic (exact) mass is 312 g/mol. The van der Waals surface area contributed by atoms with E-state index in [0.29, 0.717) is 24.8 Å². The van der Waals surface area contributed by atoms with Crippen LogP contribution in [0.1, 0.15) is 53.3 Å². The molecule has 1 rings (SSSR count). The van der Waals surface area contributed by atoms with Crippen LogP contribution < -0.4 is 10.6 Å². The Hall–Kier alpha value is -1.63. The second-order valence-corrected chi connectivity index (χ2v) is 7.01. The summed E-state index contributed by atoms with van der Waals surface area (Å²) in [5.41, 5.74) is -0.820. The molecular weight excluding hydrogens is 284 g/mol. The zero-order valence-electron chi connectivity index (χ0n) is 14.6. The summed E-state index contributed by atoms with van der Waals surface area (Å²) in [6.07, 6.45) is -0.420. The highest BCUT2D eigenvalue weighted by Gasteiger charge is 2.29. The van der Waals surface area contributed by atoms with E-state index in [9.17, 15) is 4.79 Å². The number of ether oxygens (including phenoxy) is 1. The average molecular weight is 312 g/mol. The number of nitrogens with one attached hydrogen (secondary N) is 2. The highest BCUT2D eigenvalue weighted by Crippen LogP contribution is 2.17. The lowest BCUT2D eigenvalue weighted by atomic mass is 9.88. The van der Waals surface area contributed by atoms with Crippen LogP contribution in [0.15, 0.2) is 4.52 Å². The minimum Gasteiger partial charge on any atom is -0.444 e. The van der Waals surface area contributed by atoms with E-state index in [-0.39, 0.29) is 11.5 Å². The van der Waals surface area contributed by atoms with E-state index in [1.165, 1.54) is 0 Å². The molecule has 126 valence electrons. The number of amides is 1. The maximum absolute atomic E-state index is 11.8. The van der Waals surface area contributed by atoms with E-state index in [1.807, 2.05) is 27.7 Å². The van der Waals surface area contributed by atoms with Crippen LogP contribution in [0.4, 0.5) is 4.79 Å². The first-order valence-corrected chi connectivity index (χ1v) is 7.53. The van der Waals surface area contributed by atoms with E-state index in [4.69, 9.17) is 9.26 Å². The third-order valence-electron chi connectivity index (χ3n) is 3.49. The zero-order chi connectivity index (χ0) is 17.0. The van der Waals surface area contributed by atoms with Gasteiger partial charge in [-0.15, -0.1) is 0 Å². The fraction of sp³-hybridized carbons (Fsp3) is 0.800. The predicted molar refractivity (Wildman–Crippen MR) is 83.4 cm³/mol. The summed E-state index contributed by atoms with van der Waals surface area (Å²) in [4.78, 5) is 16.0. The van der Waals surface area contributed by atoms with Crippen molar-refractivity contribution in [1.29, 1.82) is 0 Å². The second-order valence-electron chi connectivity index (χ2n) is 7.01. The summed E-state index contributed by atoms with van der Waals surface area (Å²) in [6, 6.07) is 0. The van der Waals surface area contributed by atoms with Crippen molar-refractivity contribution < 1.29 is 14.1 Å². The molecule has 2 N–H and O–H groups in total. The number of nitrogens with zero attached hydrogens (tertiary/aromatic N) is 2. The molecule has 1 amide bonds. The van der Waals surface area contributed by atoms with Crippen LogP contribution in [0, 0.1) is 12.8 Å². The summed E-state index contributed by atoms with van der Waals surface area (Å²) >= 11 is 0. The Morgan fingerprint density at radius 2 is 1.95 bits per heavy atom. The van der Waals surface area contributed by atoms with Crippen molar-refractivity contribution in [3.63, 3.8) is 0 Å². The molecule has 0 bridgehead atoms. The van der Waals surface area contributed by atoms with Crippen LogP contribution in [-0.2, 0) is 11.3 Å². The van der Waals surface area contributed by atoms with Gasteiger partial charge in [0.25, 0.3) is 0 Å². The molecule has 0 radical (unpaired) electrons. The van der Waals surface area contributed by atoms with Gasteiger partial charge in [-0.1, -0.05) is 19.0 Å². The molecule has 0 spiro atoms. The lowest BCUT2D eigenvalue weighted by Gasteiger charge is -2.35. The molecule has 0 aliphatic rings. The molecule has 7 heteroatoms. The third kappa shape index (κ3) is 6.01. The lowest BCUT2D eigenvalue weighted by molar-refractivity contribution is 0.0503.